The van der Waals surface area contributed by atoms with Crippen LogP contribution in [-0.4, -0.2) is 17.3 Å². The lowest BCUT2D eigenvalue weighted by molar-refractivity contribution is 0.112. The van der Waals surface area contributed by atoms with Gasteiger partial charge < -0.3 is 15.0 Å². The third-order valence-corrected chi connectivity index (χ3v) is 2.23. The van der Waals surface area contributed by atoms with Crippen LogP contribution in [0.4, 0.5) is 5.69 Å². The minimum Gasteiger partial charge on any atom is -0.394 e. The van der Waals surface area contributed by atoms with Gasteiger partial charge in [0.2, 0.25) is 5.43 Å². The molecule has 0 unspecified atom stereocenters. The predicted molar refractivity (Wildman–Crippen MR) is 54.1 cm³/mol. The van der Waals surface area contributed by atoms with Crippen LogP contribution >= 0.6 is 0 Å². The van der Waals surface area contributed by atoms with Crippen LogP contribution in [-0.2, 0) is 11.3 Å². The summed E-state index contributed by atoms with van der Waals surface area (Å²) in [5.41, 5.74) is 5.66. The van der Waals surface area contributed by atoms with Crippen molar-refractivity contribution in [3.63, 3.8) is 0 Å². The first-order chi connectivity index (χ1) is 6.75. The van der Waals surface area contributed by atoms with E-state index >= 15 is 0 Å². The molecule has 0 bridgehead atoms. The van der Waals surface area contributed by atoms with Crippen LogP contribution in [0, 0.1) is 0 Å². The third kappa shape index (κ3) is 2.35. The zero-order valence-electron chi connectivity index (χ0n) is 7.98. The average molecular weight is 194 g/mol. The Kier molecular flexibility index (Phi) is 2.54. The van der Waals surface area contributed by atoms with Crippen LogP contribution < -0.4 is 11.2 Å². The normalized spacial score (nSPS) is 15.7. The number of pyridine rings is 1. The number of ether oxygens (including phenoxy) is 1. The Morgan fingerprint density at radius 2 is 2.36 bits per heavy atom. The summed E-state index contributed by atoms with van der Waals surface area (Å²) in [6.07, 6.45) is 6.23. The quantitative estimate of drug-likeness (QED) is 0.764. The maximum absolute atomic E-state index is 11.0. The summed E-state index contributed by atoms with van der Waals surface area (Å²) >= 11 is 0. The van der Waals surface area contributed by atoms with Crippen molar-refractivity contribution in [2.24, 2.45) is 0 Å². The second-order valence-electron chi connectivity index (χ2n) is 3.57. The topological polar surface area (TPSA) is 57.2 Å². The Morgan fingerprint density at radius 1 is 1.57 bits per heavy atom. The number of nitrogens with zero attached hydrogens (tertiary/aromatic N) is 1. The van der Waals surface area contributed by atoms with E-state index < -0.39 is 0 Å². The van der Waals surface area contributed by atoms with E-state index in [9.17, 15) is 4.79 Å². The smallest absolute Gasteiger partial charge is 0.204 e. The van der Waals surface area contributed by atoms with Gasteiger partial charge in [0, 0.05) is 25.0 Å². The van der Waals surface area contributed by atoms with Gasteiger partial charge in [-0.25, -0.2) is 0 Å². The summed E-state index contributed by atoms with van der Waals surface area (Å²) in [5.74, 6) is 0. The molecule has 4 heteroatoms. The average Bonchev–Trinajstić information content (AvgIpc) is 2.95. The first-order valence-electron chi connectivity index (χ1n) is 4.83. The summed E-state index contributed by atoms with van der Waals surface area (Å²) < 4.78 is 7.36. The highest BCUT2D eigenvalue weighted by atomic mass is 16.5. The molecule has 14 heavy (non-hydrogen) atoms. The van der Waals surface area contributed by atoms with Crippen LogP contribution in [0.15, 0.2) is 23.3 Å². The summed E-state index contributed by atoms with van der Waals surface area (Å²) in [6, 6.07) is 1.48. The van der Waals surface area contributed by atoms with E-state index in [0.29, 0.717) is 18.4 Å². The van der Waals surface area contributed by atoms with Gasteiger partial charge >= 0.3 is 0 Å². The van der Waals surface area contributed by atoms with Gasteiger partial charge in [0.1, 0.15) is 0 Å². The Hall–Kier alpha value is -1.29. The Labute approximate surface area is 82.3 Å². The lowest BCUT2D eigenvalue weighted by Crippen LogP contribution is -2.13. The van der Waals surface area contributed by atoms with Gasteiger partial charge in [-0.2, -0.15) is 0 Å². The molecule has 0 spiro atoms. The largest absolute Gasteiger partial charge is 0.394 e. The summed E-state index contributed by atoms with van der Waals surface area (Å²) in [4.78, 5) is 11.0. The second kappa shape index (κ2) is 3.84. The van der Waals surface area contributed by atoms with Crippen molar-refractivity contribution in [3.05, 3.63) is 28.7 Å². The Morgan fingerprint density at radius 3 is 3.00 bits per heavy atom. The summed E-state index contributed by atoms with van der Waals surface area (Å²) in [6.45, 7) is 1.44. The molecule has 1 aliphatic carbocycles. The lowest BCUT2D eigenvalue weighted by Gasteiger charge is -2.06. The van der Waals surface area contributed by atoms with Gasteiger partial charge in [0.25, 0.3) is 0 Å². The zero-order valence-corrected chi connectivity index (χ0v) is 7.98. The molecule has 2 rings (SSSR count). The SMILES string of the molecule is Nc1cn(CCOC2CC2)ccc1=O. The van der Waals surface area contributed by atoms with Crippen LogP contribution in [0.5, 0.6) is 0 Å². The highest BCUT2D eigenvalue weighted by molar-refractivity contribution is 5.33. The van der Waals surface area contributed by atoms with E-state index in [1.807, 2.05) is 4.57 Å². The number of nitrogens with two attached hydrogens (primary N) is 1. The minimum absolute atomic E-state index is 0.121. The molecule has 0 aliphatic heterocycles. The monoisotopic (exact) mass is 194 g/mol. The molecule has 0 atom stereocenters. The van der Waals surface area contributed by atoms with Crippen molar-refractivity contribution >= 4 is 5.69 Å². The molecule has 0 aromatic carbocycles. The summed E-state index contributed by atoms with van der Waals surface area (Å²) in [5, 5.41) is 0. The number of hydrogen-bond donors (Lipinski definition) is 1. The maximum atomic E-state index is 11.0. The molecule has 4 nitrogen and oxygen atoms in total. The number of hydrogen-bond acceptors (Lipinski definition) is 3. The maximum Gasteiger partial charge on any atom is 0.204 e. The molecule has 0 radical (unpaired) electrons. The van der Waals surface area contributed by atoms with Crippen LogP contribution in [0.2, 0.25) is 0 Å². The number of rotatable bonds is 4. The molecule has 1 aliphatic rings. The fourth-order valence-electron chi connectivity index (χ4n) is 1.24. The van der Waals surface area contributed by atoms with E-state index in [4.69, 9.17) is 10.5 Å². The molecule has 0 saturated heterocycles. The van der Waals surface area contributed by atoms with E-state index in [2.05, 4.69) is 0 Å². The molecule has 1 aromatic heterocycles. The van der Waals surface area contributed by atoms with Gasteiger partial charge in [-0.05, 0) is 12.8 Å². The van der Waals surface area contributed by atoms with Crippen molar-refractivity contribution in [1.29, 1.82) is 0 Å². The number of anilines is 1. The molecular weight excluding hydrogens is 180 g/mol. The Bertz CT molecular complexity index is 369. The van der Waals surface area contributed by atoms with Crippen LogP contribution in [0.3, 0.4) is 0 Å². The molecule has 1 fully saturated rings. The highest BCUT2D eigenvalue weighted by Crippen LogP contribution is 2.23. The zero-order chi connectivity index (χ0) is 9.97. The van der Waals surface area contributed by atoms with E-state index in [1.54, 1.807) is 12.4 Å². The molecule has 2 N–H and O–H groups in total. The molecule has 0 amide bonds. The van der Waals surface area contributed by atoms with Crippen LogP contribution in [0.25, 0.3) is 0 Å². The molecule has 1 saturated carbocycles. The van der Waals surface area contributed by atoms with Gasteiger partial charge in [0.15, 0.2) is 0 Å². The second-order valence-corrected chi connectivity index (χ2v) is 3.57. The molecule has 1 heterocycles. The Balaban J connectivity index is 1.88. The van der Waals surface area contributed by atoms with Gasteiger partial charge in [-0.1, -0.05) is 0 Å². The third-order valence-electron chi connectivity index (χ3n) is 2.23. The highest BCUT2D eigenvalue weighted by Gasteiger charge is 2.21. The fourth-order valence-corrected chi connectivity index (χ4v) is 1.24. The van der Waals surface area contributed by atoms with E-state index in [0.717, 1.165) is 6.54 Å². The predicted octanol–water partition coefficient (Wildman–Crippen LogP) is 0.610. The van der Waals surface area contributed by atoms with Gasteiger partial charge in [-0.15, -0.1) is 0 Å². The lowest BCUT2D eigenvalue weighted by atomic mass is 10.4. The number of nitrogen functional groups attached to an aromatic ring is 1. The fraction of sp³-hybridized carbons (Fsp3) is 0.500. The van der Waals surface area contributed by atoms with Gasteiger partial charge in [0.05, 0.1) is 18.4 Å². The van der Waals surface area contributed by atoms with E-state index in [-0.39, 0.29) is 5.43 Å². The van der Waals surface area contributed by atoms with Gasteiger partial charge in [-0.3, -0.25) is 4.79 Å². The van der Waals surface area contributed by atoms with Crippen molar-refractivity contribution in [2.75, 3.05) is 12.3 Å². The first kappa shape index (κ1) is 9.27. The molecule has 76 valence electrons. The molecule has 1 aromatic rings. The summed E-state index contributed by atoms with van der Waals surface area (Å²) in [7, 11) is 0. The minimum atomic E-state index is -0.121. The number of aromatic nitrogens is 1. The standard InChI is InChI=1S/C10H14N2O2/c11-9-7-12(4-3-10(9)13)5-6-14-8-1-2-8/h3-4,7-8H,1-2,5-6,11H2. The van der Waals surface area contributed by atoms with Crippen molar-refractivity contribution in [2.45, 2.75) is 25.5 Å². The van der Waals surface area contributed by atoms with Crippen molar-refractivity contribution < 1.29 is 4.74 Å². The molecular formula is C10H14N2O2. The van der Waals surface area contributed by atoms with Crippen molar-refractivity contribution in [3.8, 4) is 0 Å². The van der Waals surface area contributed by atoms with Crippen LogP contribution in [0.1, 0.15) is 12.8 Å². The van der Waals surface area contributed by atoms with Crippen molar-refractivity contribution in [1.82, 2.24) is 4.57 Å². The van der Waals surface area contributed by atoms with E-state index in [1.165, 1.54) is 18.9 Å². The first-order valence-corrected chi connectivity index (χ1v) is 4.83.